The molecular weight excluding hydrogens is 452 g/mol. The number of rotatable bonds is 5. The van der Waals surface area contributed by atoms with E-state index in [4.69, 9.17) is 4.52 Å². The lowest BCUT2D eigenvalue weighted by molar-refractivity contribution is -0.123. The van der Waals surface area contributed by atoms with Crippen LogP contribution in [0.25, 0.3) is 11.4 Å². The van der Waals surface area contributed by atoms with Gasteiger partial charge in [0.25, 0.3) is 0 Å². The number of carbonyl (C=O) groups excluding carboxylic acids is 1. The molecule has 1 aliphatic carbocycles. The maximum Gasteiger partial charge on any atom is 0.243 e. The number of hydrogen-bond donors (Lipinski definition) is 0. The Morgan fingerprint density at radius 2 is 1.68 bits per heavy atom. The molecule has 1 aromatic heterocycles. The van der Waals surface area contributed by atoms with Gasteiger partial charge in [0, 0.05) is 42.7 Å². The van der Waals surface area contributed by atoms with Crippen molar-refractivity contribution >= 4 is 21.6 Å². The SMILES string of the molecule is O=C(C1CCN(S(=O)(=O)c2ccc(-c3noc(C4CC4)n3)cc2)CC1)N1CCc2ccccc21. The summed E-state index contributed by atoms with van der Waals surface area (Å²) < 4.78 is 33.2. The monoisotopic (exact) mass is 478 g/mol. The van der Waals surface area contributed by atoms with Crippen molar-refractivity contribution in [1.82, 2.24) is 14.4 Å². The minimum Gasteiger partial charge on any atom is -0.339 e. The highest BCUT2D eigenvalue weighted by molar-refractivity contribution is 7.89. The van der Waals surface area contributed by atoms with E-state index < -0.39 is 10.0 Å². The number of hydrogen-bond acceptors (Lipinski definition) is 6. The van der Waals surface area contributed by atoms with Gasteiger partial charge in [-0.25, -0.2) is 8.42 Å². The Balaban J connectivity index is 1.11. The molecule has 1 saturated heterocycles. The highest BCUT2D eigenvalue weighted by Gasteiger charge is 2.36. The lowest BCUT2D eigenvalue weighted by atomic mass is 9.96. The molecule has 2 fully saturated rings. The third kappa shape index (κ3) is 3.82. The molecule has 0 bridgehead atoms. The molecule has 2 aromatic carbocycles. The van der Waals surface area contributed by atoms with Gasteiger partial charge in [-0.05, 0) is 68.0 Å². The lowest BCUT2D eigenvalue weighted by Gasteiger charge is -2.32. The summed E-state index contributed by atoms with van der Waals surface area (Å²) in [5.74, 6) is 1.46. The number of benzene rings is 2. The number of sulfonamides is 1. The van der Waals surface area contributed by atoms with Crippen LogP contribution in [0.15, 0.2) is 57.9 Å². The topological polar surface area (TPSA) is 96.6 Å². The number of carbonyl (C=O) groups is 1. The van der Waals surface area contributed by atoms with E-state index in [1.807, 2.05) is 23.1 Å². The second kappa shape index (κ2) is 8.32. The summed E-state index contributed by atoms with van der Waals surface area (Å²) in [4.78, 5) is 19.7. The van der Waals surface area contributed by atoms with Crippen LogP contribution in [-0.4, -0.2) is 48.4 Å². The van der Waals surface area contributed by atoms with Crippen LogP contribution in [0.3, 0.4) is 0 Å². The predicted octanol–water partition coefficient (Wildman–Crippen LogP) is 3.60. The number of nitrogens with zero attached hydrogens (tertiary/aromatic N) is 4. The number of aromatic nitrogens is 2. The summed E-state index contributed by atoms with van der Waals surface area (Å²) in [6.45, 7) is 1.38. The van der Waals surface area contributed by atoms with Gasteiger partial charge >= 0.3 is 0 Å². The first kappa shape index (κ1) is 21.5. The Morgan fingerprint density at radius 1 is 0.941 bits per heavy atom. The Labute approximate surface area is 198 Å². The fourth-order valence-corrected chi connectivity index (χ4v) is 6.37. The highest BCUT2D eigenvalue weighted by atomic mass is 32.2. The Morgan fingerprint density at radius 3 is 2.41 bits per heavy atom. The summed E-state index contributed by atoms with van der Waals surface area (Å²) in [5.41, 5.74) is 2.92. The molecule has 0 spiro atoms. The number of para-hydroxylation sites is 1. The second-order valence-corrected chi connectivity index (χ2v) is 11.2. The quantitative estimate of drug-likeness (QED) is 0.556. The summed E-state index contributed by atoms with van der Waals surface area (Å²) in [6.07, 6.45) is 4.08. The number of anilines is 1. The van der Waals surface area contributed by atoms with Gasteiger partial charge in [-0.2, -0.15) is 9.29 Å². The molecular formula is C25H26N4O4S. The normalized spacial score (nSPS) is 19.4. The summed E-state index contributed by atoms with van der Waals surface area (Å²) in [7, 11) is -3.63. The molecule has 0 N–H and O–H groups in total. The van der Waals surface area contributed by atoms with Crippen molar-refractivity contribution in [3.8, 4) is 11.4 Å². The van der Waals surface area contributed by atoms with Crippen LogP contribution in [0, 0.1) is 5.92 Å². The average Bonchev–Trinajstić information content (AvgIpc) is 3.44. The molecule has 1 saturated carbocycles. The highest BCUT2D eigenvalue weighted by Crippen LogP contribution is 2.39. The van der Waals surface area contributed by atoms with E-state index in [1.165, 1.54) is 9.87 Å². The van der Waals surface area contributed by atoms with Crippen LogP contribution in [-0.2, 0) is 21.2 Å². The Bertz CT molecular complexity index is 1320. The van der Waals surface area contributed by atoms with E-state index in [-0.39, 0.29) is 16.7 Å². The maximum absolute atomic E-state index is 13.2. The molecule has 3 aromatic rings. The van der Waals surface area contributed by atoms with Crippen molar-refractivity contribution in [1.29, 1.82) is 0 Å². The molecule has 0 atom stereocenters. The first-order valence-corrected chi connectivity index (χ1v) is 13.3. The van der Waals surface area contributed by atoms with E-state index >= 15 is 0 Å². The third-order valence-corrected chi connectivity index (χ3v) is 8.99. The first-order valence-electron chi connectivity index (χ1n) is 11.8. The molecule has 0 radical (unpaired) electrons. The van der Waals surface area contributed by atoms with Crippen molar-refractivity contribution in [3.63, 3.8) is 0 Å². The average molecular weight is 479 g/mol. The van der Waals surface area contributed by atoms with Crippen LogP contribution < -0.4 is 4.90 Å². The molecule has 9 heteroatoms. The molecule has 3 aliphatic rings. The van der Waals surface area contributed by atoms with E-state index in [9.17, 15) is 13.2 Å². The Kier molecular flexibility index (Phi) is 5.26. The minimum absolute atomic E-state index is 0.108. The molecule has 0 unspecified atom stereocenters. The summed E-state index contributed by atoms with van der Waals surface area (Å²) in [6, 6.07) is 14.6. The van der Waals surface area contributed by atoms with E-state index in [0.717, 1.165) is 30.5 Å². The van der Waals surface area contributed by atoms with E-state index in [2.05, 4.69) is 16.2 Å². The lowest BCUT2D eigenvalue weighted by Crippen LogP contribution is -2.44. The molecule has 34 heavy (non-hydrogen) atoms. The Hall–Kier alpha value is -3.04. The molecule has 1 amide bonds. The first-order chi connectivity index (χ1) is 16.5. The number of amides is 1. The van der Waals surface area contributed by atoms with Crippen LogP contribution in [0.2, 0.25) is 0 Å². The van der Waals surface area contributed by atoms with Crippen molar-refractivity contribution in [2.45, 2.75) is 42.9 Å². The zero-order chi connectivity index (χ0) is 23.3. The number of piperidine rings is 1. The van der Waals surface area contributed by atoms with Gasteiger partial charge in [0.1, 0.15) is 0 Å². The smallest absolute Gasteiger partial charge is 0.243 e. The summed E-state index contributed by atoms with van der Waals surface area (Å²) >= 11 is 0. The molecule has 176 valence electrons. The van der Waals surface area contributed by atoms with Crippen LogP contribution in [0.5, 0.6) is 0 Å². The van der Waals surface area contributed by atoms with Gasteiger partial charge in [-0.15, -0.1) is 0 Å². The fourth-order valence-electron chi connectivity index (χ4n) is 4.90. The zero-order valence-electron chi connectivity index (χ0n) is 18.8. The van der Waals surface area contributed by atoms with Crippen LogP contribution >= 0.6 is 0 Å². The van der Waals surface area contributed by atoms with Gasteiger partial charge in [-0.1, -0.05) is 23.4 Å². The maximum atomic E-state index is 13.2. The van der Waals surface area contributed by atoms with Gasteiger partial charge in [0.05, 0.1) is 4.90 Å². The largest absolute Gasteiger partial charge is 0.339 e. The standard InChI is InChI=1S/C25H26N4O4S/c30-25(29-16-13-17-3-1-2-4-22(17)29)20-11-14-28(15-12-20)34(31,32)21-9-7-18(8-10-21)23-26-24(33-27-23)19-5-6-19/h1-4,7-10,19-20H,5-6,11-16H2. The van der Waals surface area contributed by atoms with E-state index in [1.54, 1.807) is 24.3 Å². The van der Waals surface area contributed by atoms with Crippen molar-refractivity contribution in [2.24, 2.45) is 5.92 Å². The third-order valence-electron chi connectivity index (χ3n) is 7.07. The van der Waals surface area contributed by atoms with Crippen molar-refractivity contribution in [2.75, 3.05) is 24.5 Å². The summed E-state index contributed by atoms with van der Waals surface area (Å²) in [5, 5.41) is 4.02. The minimum atomic E-state index is -3.63. The van der Waals surface area contributed by atoms with Crippen molar-refractivity contribution < 1.29 is 17.7 Å². The van der Waals surface area contributed by atoms with Crippen molar-refractivity contribution in [3.05, 3.63) is 60.0 Å². The molecule has 3 heterocycles. The van der Waals surface area contributed by atoms with Gasteiger partial charge in [0.15, 0.2) is 0 Å². The van der Waals surface area contributed by atoms with Crippen LogP contribution in [0.4, 0.5) is 5.69 Å². The van der Waals surface area contributed by atoms with Crippen LogP contribution in [0.1, 0.15) is 43.1 Å². The fraction of sp³-hybridized carbons (Fsp3) is 0.400. The molecule has 6 rings (SSSR count). The van der Waals surface area contributed by atoms with Gasteiger partial charge < -0.3 is 9.42 Å². The number of fused-ring (bicyclic) bond motifs is 1. The second-order valence-electron chi connectivity index (χ2n) is 9.30. The van der Waals surface area contributed by atoms with Gasteiger partial charge in [-0.3, -0.25) is 4.79 Å². The predicted molar refractivity (Wildman–Crippen MR) is 126 cm³/mol. The molecule has 8 nitrogen and oxygen atoms in total. The zero-order valence-corrected chi connectivity index (χ0v) is 19.6. The van der Waals surface area contributed by atoms with Gasteiger partial charge in [0.2, 0.25) is 27.6 Å². The molecule has 2 aliphatic heterocycles. The van der Waals surface area contributed by atoms with E-state index in [0.29, 0.717) is 50.1 Å².